The minimum absolute atomic E-state index is 0.625. The Hall–Kier alpha value is -8.09. The maximum atomic E-state index is 6.43. The quantitative estimate of drug-likeness (QED) is 0.161. The first kappa shape index (κ1) is 34.2. The van der Waals surface area contributed by atoms with Crippen molar-refractivity contribution in [3.05, 3.63) is 200 Å². The first-order chi connectivity index (χ1) is 29.2. The van der Waals surface area contributed by atoms with Crippen LogP contribution in [0.3, 0.4) is 0 Å². The van der Waals surface area contributed by atoms with Gasteiger partial charge in [0.1, 0.15) is 23.1 Å². The van der Waals surface area contributed by atoms with E-state index in [1.165, 1.54) is 5.56 Å². The lowest BCUT2D eigenvalue weighted by Gasteiger charge is -2.10. The maximum Gasteiger partial charge on any atom is 0.180 e. The molecule has 8 aromatic carbocycles. The maximum absolute atomic E-state index is 6.43. The van der Waals surface area contributed by atoms with Crippen molar-refractivity contribution < 1.29 is 4.42 Å². The van der Waals surface area contributed by atoms with Gasteiger partial charge in [-0.25, -0.2) is 24.9 Å². The molecule has 11 aromatic rings. The van der Waals surface area contributed by atoms with E-state index in [-0.39, 0.29) is 0 Å². The van der Waals surface area contributed by atoms with Gasteiger partial charge in [-0.3, -0.25) is 0 Å². The van der Waals surface area contributed by atoms with Crippen molar-refractivity contribution in [2.45, 2.75) is 0 Å². The van der Waals surface area contributed by atoms with Crippen LogP contribution < -0.4 is 0 Å². The molecule has 3 heterocycles. The van der Waals surface area contributed by atoms with Crippen molar-refractivity contribution in [3.63, 3.8) is 0 Å². The van der Waals surface area contributed by atoms with Gasteiger partial charge in [0.25, 0.3) is 0 Å². The lowest BCUT2D eigenvalue weighted by Crippen LogP contribution is -2.00. The Morgan fingerprint density at radius 1 is 0.339 bits per heavy atom. The zero-order chi connectivity index (χ0) is 39.1. The fourth-order valence-corrected chi connectivity index (χ4v) is 7.85. The number of furan rings is 1. The van der Waals surface area contributed by atoms with Crippen molar-refractivity contribution in [1.29, 1.82) is 0 Å². The van der Waals surface area contributed by atoms with Crippen LogP contribution in [-0.2, 0) is 0 Å². The number of rotatable bonds is 7. The zero-order valence-corrected chi connectivity index (χ0v) is 31.7. The van der Waals surface area contributed by atoms with Crippen molar-refractivity contribution in [3.8, 4) is 78.8 Å². The largest absolute Gasteiger partial charge is 0.452 e. The fourth-order valence-electron chi connectivity index (χ4n) is 7.85. The van der Waals surface area contributed by atoms with E-state index in [2.05, 4.69) is 145 Å². The minimum Gasteiger partial charge on any atom is -0.452 e. The number of fused-ring (bicyclic) bond motifs is 5. The van der Waals surface area contributed by atoms with Crippen LogP contribution in [0.5, 0.6) is 0 Å². The molecule has 0 bridgehead atoms. The first-order valence-electron chi connectivity index (χ1n) is 19.6. The van der Waals surface area contributed by atoms with Crippen molar-refractivity contribution in [2.75, 3.05) is 0 Å². The average molecular weight is 756 g/mol. The van der Waals surface area contributed by atoms with Crippen molar-refractivity contribution in [2.24, 2.45) is 0 Å². The smallest absolute Gasteiger partial charge is 0.180 e. The van der Waals surface area contributed by atoms with Crippen LogP contribution >= 0.6 is 0 Å². The molecule has 0 amide bonds. The molecule has 0 aliphatic heterocycles. The number of nitrogens with zero attached hydrogens (tertiary/aromatic N) is 5. The number of hydrogen-bond donors (Lipinski definition) is 0. The normalized spacial score (nSPS) is 11.4. The Kier molecular flexibility index (Phi) is 8.37. The standard InChI is InChI=1S/C53H33N5O/c1-3-10-34(11-4-1)35-22-26-41(27-23-35)52-56-51(40-13-5-2-6-14-40)57-53(58-52)42-28-24-37(25-29-42)36-18-20-38(21-19-36)43-15-9-16-44(32-43)48-50-49(55-33-54-48)47-45-17-8-7-12-39(45)30-31-46(47)59-50/h1-33H. The van der Waals surface area contributed by atoms with E-state index in [9.17, 15) is 0 Å². The van der Waals surface area contributed by atoms with E-state index < -0.39 is 0 Å². The number of benzene rings is 8. The second kappa shape index (κ2) is 14.4. The summed E-state index contributed by atoms with van der Waals surface area (Å²) in [4.78, 5) is 24.2. The fraction of sp³-hybridized carbons (Fsp3) is 0. The van der Waals surface area contributed by atoms with Gasteiger partial charge in [0, 0.05) is 22.3 Å². The summed E-state index contributed by atoms with van der Waals surface area (Å²) in [5.74, 6) is 1.89. The van der Waals surface area contributed by atoms with Crippen LogP contribution in [0, 0.1) is 0 Å². The van der Waals surface area contributed by atoms with Crippen LogP contribution in [0.25, 0.3) is 112 Å². The molecule has 11 rings (SSSR count). The summed E-state index contributed by atoms with van der Waals surface area (Å²) < 4.78 is 6.43. The molecular formula is C53H33N5O. The summed E-state index contributed by atoms with van der Waals surface area (Å²) in [5, 5.41) is 3.29. The van der Waals surface area contributed by atoms with Gasteiger partial charge in [-0.15, -0.1) is 0 Å². The van der Waals surface area contributed by atoms with Crippen LogP contribution in [-0.4, -0.2) is 24.9 Å². The zero-order valence-electron chi connectivity index (χ0n) is 31.7. The van der Waals surface area contributed by atoms with Gasteiger partial charge in [0.05, 0.1) is 5.39 Å². The van der Waals surface area contributed by atoms with E-state index in [1.807, 2.05) is 54.6 Å². The van der Waals surface area contributed by atoms with Gasteiger partial charge in [-0.1, -0.05) is 182 Å². The van der Waals surface area contributed by atoms with Crippen LogP contribution in [0.1, 0.15) is 0 Å². The van der Waals surface area contributed by atoms with Crippen LogP contribution in [0.4, 0.5) is 0 Å². The molecule has 0 aliphatic rings. The predicted molar refractivity (Wildman–Crippen MR) is 238 cm³/mol. The SMILES string of the molecule is c1ccc(-c2ccc(-c3nc(-c4ccccc4)nc(-c4ccc(-c5ccc(-c6cccc(-c7ncnc8c7oc7ccc9ccccc9c78)c6)cc5)cc4)n3)cc2)cc1. The summed E-state index contributed by atoms with van der Waals surface area (Å²) >= 11 is 0. The molecule has 0 N–H and O–H groups in total. The summed E-state index contributed by atoms with van der Waals surface area (Å²) in [7, 11) is 0. The van der Waals surface area contributed by atoms with Gasteiger partial charge < -0.3 is 4.42 Å². The van der Waals surface area contributed by atoms with Crippen molar-refractivity contribution >= 4 is 32.8 Å². The Morgan fingerprint density at radius 3 is 1.41 bits per heavy atom. The molecule has 0 saturated heterocycles. The Balaban J connectivity index is 0.882. The molecule has 6 nitrogen and oxygen atoms in total. The summed E-state index contributed by atoms with van der Waals surface area (Å²) in [6.45, 7) is 0. The van der Waals surface area contributed by atoms with Gasteiger partial charge >= 0.3 is 0 Å². The molecule has 0 saturated carbocycles. The van der Waals surface area contributed by atoms with Gasteiger partial charge in [-0.2, -0.15) is 0 Å². The summed E-state index contributed by atoms with van der Waals surface area (Å²) in [5.41, 5.74) is 13.6. The van der Waals surface area contributed by atoms with E-state index >= 15 is 0 Å². The minimum atomic E-state index is 0.625. The predicted octanol–water partition coefficient (Wildman–Crippen LogP) is 13.4. The Morgan fingerprint density at radius 2 is 0.797 bits per heavy atom. The van der Waals surface area contributed by atoms with Gasteiger partial charge in [-0.05, 0) is 56.3 Å². The third kappa shape index (κ3) is 6.39. The van der Waals surface area contributed by atoms with Crippen LogP contribution in [0.15, 0.2) is 205 Å². The molecule has 59 heavy (non-hydrogen) atoms. The summed E-state index contributed by atoms with van der Waals surface area (Å²) in [6.07, 6.45) is 1.63. The average Bonchev–Trinajstić information content (AvgIpc) is 3.72. The molecule has 3 aromatic heterocycles. The third-order valence-corrected chi connectivity index (χ3v) is 10.9. The van der Waals surface area contributed by atoms with Crippen molar-refractivity contribution in [1.82, 2.24) is 24.9 Å². The second-order valence-electron chi connectivity index (χ2n) is 14.5. The molecule has 0 unspecified atom stereocenters. The highest BCUT2D eigenvalue weighted by Gasteiger charge is 2.18. The first-order valence-corrected chi connectivity index (χ1v) is 19.6. The molecule has 0 radical (unpaired) electrons. The number of aromatic nitrogens is 5. The molecule has 0 atom stereocenters. The molecular weight excluding hydrogens is 723 g/mol. The highest BCUT2D eigenvalue weighted by Crippen LogP contribution is 2.38. The third-order valence-electron chi connectivity index (χ3n) is 10.9. The van der Waals surface area contributed by atoms with Gasteiger partial charge in [0.2, 0.25) is 0 Å². The Labute approximate surface area is 340 Å². The lowest BCUT2D eigenvalue weighted by molar-refractivity contribution is 0.667. The second-order valence-corrected chi connectivity index (χ2v) is 14.5. The van der Waals surface area contributed by atoms with E-state index in [0.29, 0.717) is 23.1 Å². The van der Waals surface area contributed by atoms with Crippen LogP contribution in [0.2, 0.25) is 0 Å². The molecule has 0 spiro atoms. The molecule has 276 valence electrons. The van der Waals surface area contributed by atoms with E-state index in [1.54, 1.807) is 6.33 Å². The lowest BCUT2D eigenvalue weighted by atomic mass is 9.97. The monoisotopic (exact) mass is 755 g/mol. The molecule has 6 heteroatoms. The van der Waals surface area contributed by atoms with Gasteiger partial charge in [0.15, 0.2) is 23.1 Å². The molecule has 0 aliphatic carbocycles. The highest BCUT2D eigenvalue weighted by atomic mass is 16.3. The highest BCUT2D eigenvalue weighted by molar-refractivity contribution is 6.18. The summed E-state index contributed by atoms with van der Waals surface area (Å²) in [6, 6.07) is 66.8. The topological polar surface area (TPSA) is 77.6 Å². The molecule has 0 fully saturated rings. The van der Waals surface area contributed by atoms with E-state index in [0.717, 1.165) is 83.0 Å². The Bertz CT molecular complexity index is 3290. The van der Waals surface area contributed by atoms with E-state index in [4.69, 9.17) is 24.4 Å². The number of hydrogen-bond acceptors (Lipinski definition) is 6.